The van der Waals surface area contributed by atoms with Crippen molar-refractivity contribution in [2.75, 3.05) is 43.7 Å². The van der Waals surface area contributed by atoms with E-state index in [0.717, 1.165) is 23.5 Å². The summed E-state index contributed by atoms with van der Waals surface area (Å²) < 4.78 is 2.40. The van der Waals surface area contributed by atoms with E-state index in [0.29, 0.717) is 5.75 Å². The molecule has 0 radical (unpaired) electrons. The highest BCUT2D eigenvalue weighted by Crippen LogP contribution is 2.26. The van der Waals surface area contributed by atoms with Gasteiger partial charge in [0.15, 0.2) is 6.54 Å². The largest absolute Gasteiger partial charge is 0.481 e. The molecule has 0 aliphatic heterocycles. The van der Waals surface area contributed by atoms with Gasteiger partial charge in [-0.15, -0.1) is 11.8 Å². The van der Waals surface area contributed by atoms with Crippen molar-refractivity contribution >= 4 is 50.9 Å². The summed E-state index contributed by atoms with van der Waals surface area (Å²) in [6.45, 7) is 0.735. The highest BCUT2D eigenvalue weighted by Gasteiger charge is 2.18. The average molecular weight is 461 g/mol. The van der Waals surface area contributed by atoms with Gasteiger partial charge in [-0.3, -0.25) is 4.79 Å². The highest BCUT2D eigenvalue weighted by molar-refractivity contribution is 7.99. The van der Waals surface area contributed by atoms with Gasteiger partial charge in [-0.25, -0.2) is 0 Å². The highest BCUT2D eigenvalue weighted by atomic mass is 32.2. The normalized spacial score (nSPS) is 11.2. The van der Waals surface area contributed by atoms with Crippen LogP contribution in [0.2, 0.25) is 0 Å². The van der Waals surface area contributed by atoms with Crippen molar-refractivity contribution < 1.29 is 14.5 Å². The van der Waals surface area contributed by atoms with Crippen molar-refractivity contribution in [2.45, 2.75) is 12.3 Å². The number of pyridine rings is 1. The summed E-state index contributed by atoms with van der Waals surface area (Å²) >= 11 is 1.43. The number of aliphatic carboxylic acids is 1. The molecule has 4 aromatic rings. The Balaban J connectivity index is 1.83. The fraction of sp³-hybridized carbons (Fsp3) is 0.259. The van der Waals surface area contributed by atoms with E-state index in [1.54, 1.807) is 0 Å². The molecule has 33 heavy (non-hydrogen) atoms. The number of fused-ring (bicyclic) bond motifs is 2. The van der Waals surface area contributed by atoms with Gasteiger partial charge in [-0.2, -0.15) is 4.57 Å². The smallest absolute Gasteiger partial charge is 0.313 e. The molecule has 4 rings (SSSR count). The molecule has 3 aromatic carbocycles. The van der Waals surface area contributed by atoms with Gasteiger partial charge in [-0.05, 0) is 42.0 Å². The molecule has 0 saturated carbocycles. The minimum Gasteiger partial charge on any atom is -0.481 e. The number of carbonyl (C=O) groups is 1. The summed E-state index contributed by atoms with van der Waals surface area (Å²) in [6.07, 6.45) is 0. The molecule has 0 aliphatic rings. The lowest BCUT2D eigenvalue weighted by atomic mass is 10.1. The van der Waals surface area contributed by atoms with Gasteiger partial charge in [0.05, 0.1) is 5.75 Å². The van der Waals surface area contributed by atoms with Crippen molar-refractivity contribution in [1.82, 2.24) is 0 Å². The first-order valence-electron chi connectivity index (χ1n) is 10.9. The van der Waals surface area contributed by atoms with Crippen LogP contribution in [0, 0.1) is 0 Å². The van der Waals surface area contributed by atoms with Gasteiger partial charge in [0.2, 0.25) is 11.0 Å². The maximum Gasteiger partial charge on any atom is 0.313 e. The molecule has 0 amide bonds. The Hall–Kier alpha value is -3.25. The molecule has 1 aromatic heterocycles. The first kappa shape index (κ1) is 22.9. The topological polar surface area (TPSA) is 47.7 Å². The Morgan fingerprint density at radius 1 is 0.818 bits per heavy atom. The summed E-state index contributed by atoms with van der Waals surface area (Å²) in [5.74, 6) is 0.0341. The summed E-state index contributed by atoms with van der Waals surface area (Å²) in [5.41, 5.74) is 7.06. The van der Waals surface area contributed by atoms with Crippen molar-refractivity contribution in [3.8, 4) is 0 Å². The summed E-state index contributed by atoms with van der Waals surface area (Å²) in [7, 11) is 8.26. The van der Waals surface area contributed by atoms with Crippen LogP contribution >= 0.6 is 11.8 Å². The monoisotopic (exact) mass is 460 g/mol. The summed E-state index contributed by atoms with van der Waals surface area (Å²) in [4.78, 5) is 15.1. The van der Waals surface area contributed by atoms with E-state index in [-0.39, 0.29) is 5.75 Å². The molecule has 0 aliphatic carbocycles. The number of aromatic nitrogens is 1. The van der Waals surface area contributed by atoms with E-state index < -0.39 is 5.97 Å². The second kappa shape index (κ2) is 9.71. The Labute approximate surface area is 199 Å². The molecule has 6 heteroatoms. The Morgan fingerprint density at radius 3 is 1.94 bits per heavy atom. The van der Waals surface area contributed by atoms with E-state index in [4.69, 9.17) is 5.11 Å². The van der Waals surface area contributed by atoms with E-state index in [2.05, 4.69) is 109 Å². The molecule has 5 nitrogen and oxygen atoms in total. The number of anilines is 2. The van der Waals surface area contributed by atoms with Crippen molar-refractivity contribution in [3.63, 3.8) is 0 Å². The molecule has 0 unspecified atom stereocenters. The average Bonchev–Trinajstić information content (AvgIpc) is 2.78. The van der Waals surface area contributed by atoms with Gasteiger partial charge >= 0.3 is 5.97 Å². The molecule has 0 fully saturated rings. The van der Waals surface area contributed by atoms with Gasteiger partial charge < -0.3 is 14.9 Å². The number of nitrogens with zero attached hydrogens (tertiary/aromatic N) is 3. The fourth-order valence-electron chi connectivity index (χ4n) is 4.06. The third-order valence-corrected chi connectivity index (χ3v) is 6.77. The predicted octanol–water partition coefficient (Wildman–Crippen LogP) is 4.78. The van der Waals surface area contributed by atoms with Crippen LogP contribution in [0.25, 0.3) is 21.8 Å². The molecular weight excluding hydrogens is 430 g/mol. The second-order valence-electron chi connectivity index (χ2n) is 8.71. The number of rotatable bonds is 8. The van der Waals surface area contributed by atoms with Crippen LogP contribution < -0.4 is 14.4 Å². The van der Waals surface area contributed by atoms with Gasteiger partial charge in [-0.1, -0.05) is 18.2 Å². The third-order valence-electron chi connectivity index (χ3n) is 5.78. The molecule has 0 spiro atoms. The zero-order chi connectivity index (χ0) is 23.5. The van der Waals surface area contributed by atoms with Crippen LogP contribution in [0.15, 0.2) is 66.7 Å². The number of hydrogen-bond donors (Lipinski definition) is 1. The summed E-state index contributed by atoms with van der Waals surface area (Å²) in [6, 6.07) is 24.0. The number of carboxylic acids is 1. The lowest BCUT2D eigenvalue weighted by Gasteiger charge is -2.15. The van der Waals surface area contributed by atoms with E-state index >= 15 is 0 Å². The number of carboxylic acid groups (broad SMARTS) is 1. The summed E-state index contributed by atoms with van der Waals surface area (Å²) in [5, 5.41) is 11.3. The zero-order valence-corrected chi connectivity index (χ0v) is 20.4. The number of hydrogen-bond acceptors (Lipinski definition) is 4. The lowest BCUT2D eigenvalue weighted by Crippen LogP contribution is -2.36. The maximum atomic E-state index is 10.9. The molecule has 1 N–H and O–H groups in total. The minimum atomic E-state index is -0.776. The number of benzene rings is 3. The lowest BCUT2D eigenvalue weighted by molar-refractivity contribution is -0.635. The zero-order valence-electron chi connectivity index (χ0n) is 19.6. The maximum absolute atomic E-state index is 10.9. The predicted molar refractivity (Wildman–Crippen MR) is 140 cm³/mol. The standard InChI is InChI=1S/C27H29N3O2S/c1-28(2)23-10-8-21-13-22-9-11-24(29(3)4)15-26(22)30(25(21)14-23)16-19-6-5-7-20(12-19)17-33-18-27(31)32/h5-15H,16-18H2,1-4H3/p+1. The van der Waals surface area contributed by atoms with Gasteiger partial charge in [0, 0.05) is 73.8 Å². The molecule has 0 saturated heterocycles. The van der Waals surface area contributed by atoms with Gasteiger partial charge in [0.1, 0.15) is 0 Å². The Kier molecular flexibility index (Phi) is 6.75. The Morgan fingerprint density at radius 2 is 1.39 bits per heavy atom. The Bertz CT molecular complexity index is 1250. The first-order chi connectivity index (χ1) is 15.8. The fourth-order valence-corrected chi connectivity index (χ4v) is 4.75. The van der Waals surface area contributed by atoms with Crippen molar-refractivity contribution in [3.05, 3.63) is 77.9 Å². The van der Waals surface area contributed by atoms with Gasteiger partial charge in [0.25, 0.3) is 0 Å². The van der Waals surface area contributed by atoms with Crippen molar-refractivity contribution in [1.29, 1.82) is 0 Å². The van der Waals surface area contributed by atoms with Crippen LogP contribution in [-0.2, 0) is 17.1 Å². The number of thioether (sulfide) groups is 1. The van der Waals surface area contributed by atoms with E-state index in [9.17, 15) is 4.79 Å². The molecule has 1 heterocycles. The van der Waals surface area contributed by atoms with Crippen LogP contribution in [0.1, 0.15) is 11.1 Å². The van der Waals surface area contributed by atoms with Crippen molar-refractivity contribution in [2.24, 2.45) is 0 Å². The minimum absolute atomic E-state index is 0.119. The van der Waals surface area contributed by atoms with E-state index in [1.165, 1.54) is 39.1 Å². The van der Waals surface area contributed by atoms with Crippen LogP contribution in [-0.4, -0.2) is 45.0 Å². The second-order valence-corrected chi connectivity index (χ2v) is 9.70. The molecule has 0 bridgehead atoms. The molecule has 0 atom stereocenters. The molecule has 170 valence electrons. The van der Waals surface area contributed by atoms with E-state index in [1.807, 2.05) is 0 Å². The first-order valence-corrected chi connectivity index (χ1v) is 12.1. The van der Waals surface area contributed by atoms with Crippen LogP contribution in [0.4, 0.5) is 11.4 Å². The SMILES string of the molecule is CN(C)c1ccc2cc3ccc(N(C)C)cc3[n+](Cc3cccc(CSCC(=O)O)c3)c2c1. The quantitative estimate of drug-likeness (QED) is 0.303. The van der Waals surface area contributed by atoms with Crippen LogP contribution in [0.3, 0.4) is 0 Å². The molecular formula is C27H30N3O2S+. The third kappa shape index (κ3) is 5.22. The van der Waals surface area contributed by atoms with Crippen LogP contribution in [0.5, 0.6) is 0 Å².